The zero-order valence-electron chi connectivity index (χ0n) is 26.1. The Hall–Kier alpha value is -2.08. The SMILES string of the molecule is CCOC(=O)C1(CCOC(=O)CCc2cc(C(C)(C)C)c(O)c(C(C)(C)C)c2)CC(C)(C)N(C)C(C)(C)C1. The van der Waals surface area contributed by atoms with E-state index in [0.29, 0.717) is 38.0 Å². The van der Waals surface area contributed by atoms with Crippen molar-refractivity contribution in [2.24, 2.45) is 5.41 Å². The van der Waals surface area contributed by atoms with E-state index in [1.807, 2.05) is 19.1 Å². The van der Waals surface area contributed by atoms with E-state index in [1.165, 1.54) is 0 Å². The number of esters is 2. The first kappa shape index (κ1) is 32.1. The molecule has 0 amide bonds. The van der Waals surface area contributed by atoms with Crippen molar-refractivity contribution >= 4 is 11.9 Å². The lowest BCUT2D eigenvalue weighted by Gasteiger charge is -2.57. The number of benzene rings is 1. The van der Waals surface area contributed by atoms with Gasteiger partial charge < -0.3 is 14.6 Å². The predicted molar refractivity (Wildman–Crippen MR) is 154 cm³/mol. The number of carbonyl (C=O) groups excluding carboxylic acids is 2. The van der Waals surface area contributed by atoms with Crippen molar-refractivity contribution in [1.29, 1.82) is 0 Å². The summed E-state index contributed by atoms with van der Waals surface area (Å²) in [6.07, 6.45) is 2.51. The largest absolute Gasteiger partial charge is 0.507 e. The molecule has 1 aromatic carbocycles. The van der Waals surface area contributed by atoms with Crippen LogP contribution in [0.1, 0.15) is 119 Å². The van der Waals surface area contributed by atoms with Crippen LogP contribution in [0.2, 0.25) is 0 Å². The smallest absolute Gasteiger partial charge is 0.312 e. The fourth-order valence-electron chi connectivity index (χ4n) is 6.14. The number of piperidine rings is 1. The highest BCUT2D eigenvalue weighted by molar-refractivity contribution is 5.77. The summed E-state index contributed by atoms with van der Waals surface area (Å²) < 4.78 is 11.2. The monoisotopic (exact) mass is 531 g/mol. The summed E-state index contributed by atoms with van der Waals surface area (Å²) in [6.45, 7) is 23.5. The molecule has 2 rings (SSSR count). The summed E-state index contributed by atoms with van der Waals surface area (Å²) in [5, 5.41) is 11.0. The fourth-order valence-corrected chi connectivity index (χ4v) is 6.14. The Kier molecular flexibility index (Phi) is 9.46. The molecule has 0 unspecified atom stereocenters. The average Bonchev–Trinajstić information content (AvgIpc) is 2.75. The second kappa shape index (κ2) is 11.2. The molecule has 0 radical (unpaired) electrons. The Morgan fingerprint density at radius 2 is 1.39 bits per heavy atom. The molecular formula is C32H53NO5. The van der Waals surface area contributed by atoms with Crippen LogP contribution in [0.5, 0.6) is 5.75 Å². The van der Waals surface area contributed by atoms with Crippen LogP contribution in [0, 0.1) is 5.41 Å². The van der Waals surface area contributed by atoms with E-state index < -0.39 is 5.41 Å². The molecule has 1 fully saturated rings. The van der Waals surface area contributed by atoms with Crippen molar-refractivity contribution in [1.82, 2.24) is 4.90 Å². The van der Waals surface area contributed by atoms with Crippen LogP contribution in [0.3, 0.4) is 0 Å². The second-order valence-electron chi connectivity index (χ2n) is 14.5. The maximum absolute atomic E-state index is 13.2. The highest BCUT2D eigenvalue weighted by Gasteiger charge is 2.55. The lowest BCUT2D eigenvalue weighted by atomic mass is 9.63. The number of aromatic hydroxyl groups is 1. The third-order valence-corrected chi connectivity index (χ3v) is 8.31. The first-order valence-electron chi connectivity index (χ1n) is 14.1. The Morgan fingerprint density at radius 1 is 0.921 bits per heavy atom. The normalized spacial score (nSPS) is 19.2. The number of aryl methyl sites for hydroxylation is 1. The topological polar surface area (TPSA) is 76.1 Å². The number of likely N-dealkylation sites (tertiary alicyclic amines) is 1. The number of hydrogen-bond acceptors (Lipinski definition) is 6. The van der Waals surface area contributed by atoms with Crippen LogP contribution in [0.15, 0.2) is 12.1 Å². The maximum atomic E-state index is 13.2. The Labute approximate surface area is 231 Å². The minimum absolute atomic E-state index is 0.184. The van der Waals surface area contributed by atoms with Crippen LogP contribution in [-0.2, 0) is 36.3 Å². The van der Waals surface area contributed by atoms with E-state index in [0.717, 1.165) is 16.7 Å². The number of ether oxygens (including phenoxy) is 2. The van der Waals surface area contributed by atoms with E-state index in [2.05, 4.69) is 81.2 Å². The van der Waals surface area contributed by atoms with Crippen LogP contribution in [0.25, 0.3) is 0 Å². The average molecular weight is 532 g/mol. The molecule has 6 heteroatoms. The minimum Gasteiger partial charge on any atom is -0.507 e. The first-order chi connectivity index (χ1) is 17.2. The van der Waals surface area contributed by atoms with E-state index >= 15 is 0 Å². The van der Waals surface area contributed by atoms with E-state index in [1.54, 1.807) is 0 Å². The molecule has 6 nitrogen and oxygen atoms in total. The molecule has 0 aromatic heterocycles. The van der Waals surface area contributed by atoms with Crippen molar-refractivity contribution in [3.05, 3.63) is 28.8 Å². The van der Waals surface area contributed by atoms with Gasteiger partial charge in [-0.15, -0.1) is 0 Å². The summed E-state index contributed by atoms with van der Waals surface area (Å²) in [5.41, 5.74) is 1.23. The minimum atomic E-state index is -0.698. The van der Waals surface area contributed by atoms with Gasteiger partial charge in [0.05, 0.1) is 18.6 Å². The molecule has 0 spiro atoms. The van der Waals surface area contributed by atoms with Gasteiger partial charge in [-0.25, -0.2) is 0 Å². The van der Waals surface area contributed by atoms with Crippen LogP contribution in [0.4, 0.5) is 0 Å². The van der Waals surface area contributed by atoms with E-state index in [4.69, 9.17) is 9.47 Å². The van der Waals surface area contributed by atoms with Gasteiger partial charge in [0.15, 0.2) is 0 Å². The van der Waals surface area contributed by atoms with Crippen LogP contribution >= 0.6 is 0 Å². The van der Waals surface area contributed by atoms with Crippen molar-refractivity contribution in [2.45, 2.75) is 130 Å². The van der Waals surface area contributed by atoms with E-state index in [-0.39, 0.29) is 46.9 Å². The fraction of sp³-hybridized carbons (Fsp3) is 0.750. The van der Waals surface area contributed by atoms with Gasteiger partial charge in [-0.3, -0.25) is 14.5 Å². The molecule has 216 valence electrons. The van der Waals surface area contributed by atoms with Gasteiger partial charge in [-0.1, -0.05) is 53.7 Å². The highest BCUT2D eigenvalue weighted by Crippen LogP contribution is 2.50. The molecule has 38 heavy (non-hydrogen) atoms. The summed E-state index contributed by atoms with van der Waals surface area (Å²) in [5.74, 6) is -0.137. The standard InChI is InChI=1S/C32H53NO5/c1-13-37-27(36)32(20-30(8,9)33(12)31(10,11)21-32)16-17-38-25(34)15-14-22-18-23(28(2,3)4)26(35)24(19-22)29(5,6)7/h18-19,35H,13-17,20-21H2,1-12H3. The molecule has 0 aliphatic carbocycles. The van der Waals surface area contributed by atoms with Gasteiger partial charge in [0.2, 0.25) is 0 Å². The summed E-state index contributed by atoms with van der Waals surface area (Å²) >= 11 is 0. The Balaban J connectivity index is 2.15. The first-order valence-corrected chi connectivity index (χ1v) is 14.1. The molecule has 1 heterocycles. The van der Waals surface area contributed by atoms with Gasteiger partial charge in [-0.2, -0.15) is 0 Å². The molecule has 1 N–H and O–H groups in total. The number of carbonyl (C=O) groups is 2. The van der Waals surface area contributed by atoms with Gasteiger partial charge in [-0.05, 0) is 94.9 Å². The molecule has 1 aliphatic heterocycles. The maximum Gasteiger partial charge on any atom is 0.312 e. The van der Waals surface area contributed by atoms with Crippen molar-refractivity contribution in [3.63, 3.8) is 0 Å². The Bertz CT molecular complexity index is 957. The van der Waals surface area contributed by atoms with Crippen LogP contribution in [-0.4, -0.2) is 53.3 Å². The van der Waals surface area contributed by atoms with Gasteiger partial charge in [0.1, 0.15) is 5.75 Å². The Morgan fingerprint density at radius 3 is 1.82 bits per heavy atom. The van der Waals surface area contributed by atoms with Crippen molar-refractivity contribution in [3.8, 4) is 5.75 Å². The molecule has 1 aromatic rings. The van der Waals surface area contributed by atoms with Gasteiger partial charge in [0.25, 0.3) is 0 Å². The zero-order chi connectivity index (χ0) is 29.3. The van der Waals surface area contributed by atoms with Gasteiger partial charge in [0, 0.05) is 17.5 Å². The molecule has 1 aliphatic rings. The quantitative estimate of drug-likeness (QED) is 0.377. The number of phenols is 1. The lowest BCUT2D eigenvalue weighted by molar-refractivity contribution is -0.173. The lowest BCUT2D eigenvalue weighted by Crippen LogP contribution is -2.63. The third kappa shape index (κ3) is 7.31. The van der Waals surface area contributed by atoms with Crippen molar-refractivity contribution in [2.75, 3.05) is 20.3 Å². The van der Waals surface area contributed by atoms with Crippen LogP contribution < -0.4 is 0 Å². The predicted octanol–water partition coefficient (Wildman–Crippen LogP) is 6.69. The van der Waals surface area contributed by atoms with Gasteiger partial charge >= 0.3 is 11.9 Å². The number of hydrogen-bond donors (Lipinski definition) is 1. The number of phenolic OH excluding ortho intramolecular Hbond substituents is 1. The molecule has 1 saturated heterocycles. The summed E-state index contributed by atoms with van der Waals surface area (Å²) in [7, 11) is 2.11. The molecule has 0 atom stereocenters. The van der Waals surface area contributed by atoms with Crippen molar-refractivity contribution < 1.29 is 24.2 Å². The molecule has 0 saturated carbocycles. The molecular weight excluding hydrogens is 478 g/mol. The summed E-state index contributed by atoms with van der Waals surface area (Å²) in [4.78, 5) is 28.4. The number of rotatable bonds is 8. The van der Waals surface area contributed by atoms with E-state index in [9.17, 15) is 14.7 Å². The molecule has 0 bridgehead atoms. The summed E-state index contributed by atoms with van der Waals surface area (Å²) in [6, 6.07) is 4.02. The zero-order valence-corrected chi connectivity index (χ0v) is 26.1. The highest BCUT2D eigenvalue weighted by atomic mass is 16.5. The number of nitrogens with zero attached hydrogens (tertiary/aromatic N) is 1. The third-order valence-electron chi connectivity index (χ3n) is 8.31. The second-order valence-corrected chi connectivity index (χ2v) is 14.5.